The van der Waals surface area contributed by atoms with Crippen LogP contribution in [0.25, 0.3) is 0 Å². The lowest BCUT2D eigenvalue weighted by Gasteiger charge is -2.28. The summed E-state index contributed by atoms with van der Waals surface area (Å²) in [6, 6.07) is 19.2. The van der Waals surface area contributed by atoms with Gasteiger partial charge in [-0.05, 0) is 17.5 Å². The lowest BCUT2D eigenvalue weighted by atomic mass is 9.83. The average Bonchev–Trinajstić information content (AvgIpc) is 2.47. The molecule has 2 aromatic rings. The van der Waals surface area contributed by atoms with Crippen molar-refractivity contribution in [2.24, 2.45) is 5.73 Å². The Hall–Kier alpha value is -2.13. The Labute approximate surface area is 119 Å². The zero-order valence-electron chi connectivity index (χ0n) is 11.3. The average molecular weight is 269 g/mol. The van der Waals surface area contributed by atoms with Crippen LogP contribution in [0.1, 0.15) is 24.0 Å². The molecule has 3 N–H and O–H groups in total. The first-order chi connectivity index (χ1) is 9.60. The number of primary amides is 1. The van der Waals surface area contributed by atoms with Gasteiger partial charge < -0.3 is 10.8 Å². The van der Waals surface area contributed by atoms with Gasteiger partial charge in [0.25, 0.3) is 0 Å². The van der Waals surface area contributed by atoms with E-state index < -0.39 is 11.5 Å². The van der Waals surface area contributed by atoms with Gasteiger partial charge in [-0.3, -0.25) is 4.79 Å². The molecular weight excluding hydrogens is 250 g/mol. The quantitative estimate of drug-likeness (QED) is 0.845. The SMILES string of the molecule is NC(=O)CCC(O)(Cc1ccccc1)c1ccccc1. The monoisotopic (exact) mass is 269 g/mol. The second kappa shape index (κ2) is 6.35. The van der Waals surface area contributed by atoms with Crippen molar-refractivity contribution in [2.75, 3.05) is 0 Å². The number of hydrogen-bond acceptors (Lipinski definition) is 2. The van der Waals surface area contributed by atoms with Crippen LogP contribution in [0.3, 0.4) is 0 Å². The molecule has 0 aliphatic heterocycles. The molecule has 3 heteroatoms. The van der Waals surface area contributed by atoms with Crippen LogP contribution >= 0.6 is 0 Å². The summed E-state index contributed by atoms with van der Waals surface area (Å²) in [6.07, 6.45) is 0.949. The minimum Gasteiger partial charge on any atom is -0.385 e. The Morgan fingerprint density at radius 2 is 1.55 bits per heavy atom. The van der Waals surface area contributed by atoms with Gasteiger partial charge in [0.15, 0.2) is 0 Å². The van der Waals surface area contributed by atoms with Crippen LogP contribution in [0.2, 0.25) is 0 Å². The first kappa shape index (κ1) is 14.3. The molecular formula is C17H19NO2. The Morgan fingerprint density at radius 1 is 1.00 bits per heavy atom. The van der Waals surface area contributed by atoms with E-state index >= 15 is 0 Å². The van der Waals surface area contributed by atoms with Crippen LogP contribution in [0.4, 0.5) is 0 Å². The second-order valence-corrected chi connectivity index (χ2v) is 5.03. The third-order valence-corrected chi connectivity index (χ3v) is 3.44. The van der Waals surface area contributed by atoms with E-state index in [0.717, 1.165) is 11.1 Å². The van der Waals surface area contributed by atoms with Gasteiger partial charge in [-0.25, -0.2) is 0 Å². The molecule has 3 nitrogen and oxygen atoms in total. The van der Waals surface area contributed by atoms with Crippen LogP contribution in [0, 0.1) is 0 Å². The predicted octanol–water partition coefficient (Wildman–Crippen LogP) is 2.38. The van der Waals surface area contributed by atoms with Crippen LogP contribution < -0.4 is 5.73 Å². The van der Waals surface area contributed by atoms with Gasteiger partial charge >= 0.3 is 0 Å². The van der Waals surface area contributed by atoms with Crippen molar-refractivity contribution in [3.63, 3.8) is 0 Å². The molecule has 0 aliphatic carbocycles. The van der Waals surface area contributed by atoms with E-state index in [2.05, 4.69) is 0 Å². The highest BCUT2D eigenvalue weighted by atomic mass is 16.3. The number of hydrogen-bond donors (Lipinski definition) is 2. The first-order valence-corrected chi connectivity index (χ1v) is 6.70. The molecule has 20 heavy (non-hydrogen) atoms. The van der Waals surface area contributed by atoms with Crippen LogP contribution in [-0.2, 0) is 16.8 Å². The number of carbonyl (C=O) groups excluding carboxylic acids is 1. The summed E-state index contributed by atoms with van der Waals surface area (Å²) >= 11 is 0. The Kier molecular flexibility index (Phi) is 4.53. The summed E-state index contributed by atoms with van der Waals surface area (Å²) in [7, 11) is 0. The molecule has 0 spiro atoms. The number of carbonyl (C=O) groups is 1. The summed E-state index contributed by atoms with van der Waals surface area (Å²) in [4.78, 5) is 11.0. The fourth-order valence-corrected chi connectivity index (χ4v) is 2.35. The molecule has 1 atom stereocenters. The number of aliphatic hydroxyl groups is 1. The van der Waals surface area contributed by atoms with Crippen molar-refractivity contribution in [3.8, 4) is 0 Å². The zero-order chi connectivity index (χ0) is 14.4. The molecule has 0 fully saturated rings. The van der Waals surface area contributed by atoms with Crippen molar-refractivity contribution >= 4 is 5.91 Å². The molecule has 1 amide bonds. The van der Waals surface area contributed by atoms with Crippen molar-refractivity contribution in [1.82, 2.24) is 0 Å². The normalized spacial score (nSPS) is 13.7. The van der Waals surface area contributed by atoms with Gasteiger partial charge in [0.05, 0.1) is 5.60 Å². The highest BCUT2D eigenvalue weighted by Crippen LogP contribution is 2.30. The van der Waals surface area contributed by atoms with Gasteiger partial charge in [-0.1, -0.05) is 60.7 Å². The zero-order valence-corrected chi connectivity index (χ0v) is 11.3. The first-order valence-electron chi connectivity index (χ1n) is 6.70. The van der Waals surface area contributed by atoms with E-state index in [1.54, 1.807) is 0 Å². The molecule has 0 aromatic heterocycles. The highest BCUT2D eigenvalue weighted by Gasteiger charge is 2.29. The molecule has 1 unspecified atom stereocenters. The molecule has 2 rings (SSSR count). The molecule has 0 radical (unpaired) electrons. The number of amides is 1. The van der Waals surface area contributed by atoms with E-state index in [1.165, 1.54) is 0 Å². The van der Waals surface area contributed by atoms with Crippen molar-refractivity contribution < 1.29 is 9.90 Å². The summed E-state index contributed by atoms with van der Waals surface area (Å²) in [6.45, 7) is 0. The molecule has 0 saturated heterocycles. The summed E-state index contributed by atoms with van der Waals surface area (Å²) in [5, 5.41) is 11.0. The Bertz CT molecular complexity index is 554. The van der Waals surface area contributed by atoms with Crippen LogP contribution in [0.15, 0.2) is 60.7 Å². The van der Waals surface area contributed by atoms with Crippen LogP contribution in [-0.4, -0.2) is 11.0 Å². The maximum Gasteiger partial charge on any atom is 0.217 e. The number of rotatable bonds is 6. The maximum atomic E-state index is 11.0. The molecule has 0 heterocycles. The molecule has 0 saturated carbocycles. The lowest BCUT2D eigenvalue weighted by Crippen LogP contribution is -2.30. The summed E-state index contributed by atoms with van der Waals surface area (Å²) in [5.41, 5.74) is 5.99. The minimum atomic E-state index is -1.07. The van der Waals surface area contributed by atoms with Crippen molar-refractivity contribution in [1.29, 1.82) is 0 Å². The number of benzene rings is 2. The summed E-state index contributed by atoms with van der Waals surface area (Å²) < 4.78 is 0. The standard InChI is InChI=1S/C17H19NO2/c18-16(19)11-12-17(20,15-9-5-2-6-10-15)13-14-7-3-1-4-8-14/h1-10,20H,11-13H2,(H2,18,19). The second-order valence-electron chi connectivity index (χ2n) is 5.03. The smallest absolute Gasteiger partial charge is 0.217 e. The predicted molar refractivity (Wildman–Crippen MR) is 78.9 cm³/mol. The molecule has 0 bridgehead atoms. The Balaban J connectivity index is 2.26. The summed E-state index contributed by atoms with van der Waals surface area (Å²) in [5.74, 6) is -0.396. The van der Waals surface area contributed by atoms with E-state index in [9.17, 15) is 9.90 Å². The van der Waals surface area contributed by atoms with Crippen LogP contribution in [0.5, 0.6) is 0 Å². The fraction of sp³-hybridized carbons (Fsp3) is 0.235. The van der Waals surface area contributed by atoms with E-state index in [1.807, 2.05) is 60.7 Å². The third kappa shape index (κ3) is 3.68. The van der Waals surface area contributed by atoms with E-state index in [0.29, 0.717) is 12.8 Å². The van der Waals surface area contributed by atoms with Crippen molar-refractivity contribution in [2.45, 2.75) is 24.9 Å². The van der Waals surface area contributed by atoms with Gasteiger partial charge in [-0.2, -0.15) is 0 Å². The van der Waals surface area contributed by atoms with E-state index in [4.69, 9.17) is 5.73 Å². The van der Waals surface area contributed by atoms with Gasteiger partial charge in [0.2, 0.25) is 5.91 Å². The Morgan fingerprint density at radius 3 is 2.10 bits per heavy atom. The van der Waals surface area contributed by atoms with E-state index in [-0.39, 0.29) is 6.42 Å². The molecule has 2 aromatic carbocycles. The maximum absolute atomic E-state index is 11.0. The van der Waals surface area contributed by atoms with Gasteiger partial charge in [0.1, 0.15) is 0 Å². The van der Waals surface area contributed by atoms with Gasteiger partial charge in [0, 0.05) is 12.8 Å². The lowest BCUT2D eigenvalue weighted by molar-refractivity contribution is -0.119. The third-order valence-electron chi connectivity index (χ3n) is 3.44. The topological polar surface area (TPSA) is 63.3 Å². The van der Waals surface area contributed by atoms with Gasteiger partial charge in [-0.15, -0.1) is 0 Å². The largest absolute Gasteiger partial charge is 0.385 e. The fourth-order valence-electron chi connectivity index (χ4n) is 2.35. The van der Waals surface area contributed by atoms with Crippen molar-refractivity contribution in [3.05, 3.63) is 71.8 Å². The molecule has 0 aliphatic rings. The number of nitrogens with two attached hydrogens (primary N) is 1. The minimum absolute atomic E-state index is 0.165. The molecule has 104 valence electrons. The highest BCUT2D eigenvalue weighted by molar-refractivity contribution is 5.73.